The molecule has 15 heavy (non-hydrogen) atoms. The smallest absolute Gasteiger partial charge is 0.0405 e. The molecule has 0 unspecified atom stereocenters. The molecule has 0 heterocycles. The van der Waals surface area contributed by atoms with Crippen LogP contribution in [-0.2, 0) is 17.4 Å². The van der Waals surface area contributed by atoms with Gasteiger partial charge in [-0.2, -0.15) is 0 Å². The summed E-state index contributed by atoms with van der Waals surface area (Å²) < 4.78 is 0. The average molecular weight is 277 g/mol. The first-order valence-corrected chi connectivity index (χ1v) is 4.96. The van der Waals surface area contributed by atoms with Crippen LogP contribution in [0.15, 0.2) is 30.3 Å². The minimum absolute atomic E-state index is 0. The number of benzene rings is 1. The molecule has 1 aliphatic rings. The zero-order valence-electron chi connectivity index (χ0n) is 7.94. The monoisotopic (exact) mass is 276 g/mol. The second kappa shape index (κ2) is 9.55. The van der Waals surface area contributed by atoms with Crippen LogP contribution in [0.2, 0.25) is 5.02 Å². The molecule has 0 bridgehead atoms. The first-order chi connectivity index (χ1) is 6.79. The summed E-state index contributed by atoms with van der Waals surface area (Å²) in [6.45, 7) is 0. The largest absolute Gasteiger partial charge is 0.726 e. The van der Waals surface area contributed by atoms with Gasteiger partial charge in [-0.05, 0) is 12.1 Å². The fourth-order valence-electron chi connectivity index (χ4n) is 0.829. The van der Waals surface area contributed by atoms with E-state index in [2.05, 4.69) is 0 Å². The van der Waals surface area contributed by atoms with E-state index in [9.17, 15) is 0 Å². The van der Waals surface area contributed by atoms with Crippen molar-refractivity contribution in [3.63, 3.8) is 0 Å². The third-order valence-electron chi connectivity index (χ3n) is 1.47. The van der Waals surface area contributed by atoms with Crippen molar-refractivity contribution in [3.8, 4) is 0 Å². The van der Waals surface area contributed by atoms with Crippen LogP contribution in [0.1, 0.15) is 0 Å². The number of hydrogen-bond donors (Lipinski definition) is 0. The Hall–Kier alpha value is 0.332. The minimum atomic E-state index is 0. The molecule has 1 aliphatic carbocycles. The quantitative estimate of drug-likeness (QED) is 0.625. The average Bonchev–Trinajstić information content (AvgIpc) is 2.21. The molecule has 0 saturated heterocycles. The first kappa shape index (κ1) is 15.3. The summed E-state index contributed by atoms with van der Waals surface area (Å²) in [6.07, 6.45) is 9.44. The van der Waals surface area contributed by atoms with Gasteiger partial charge in [-0.1, -0.05) is 29.8 Å². The van der Waals surface area contributed by atoms with Gasteiger partial charge in [0.25, 0.3) is 0 Å². The van der Waals surface area contributed by atoms with E-state index in [1.165, 1.54) is 0 Å². The van der Waals surface area contributed by atoms with E-state index in [-0.39, 0.29) is 17.4 Å². The van der Waals surface area contributed by atoms with Crippen LogP contribution in [-0.4, -0.2) is 0 Å². The molecule has 1 aromatic carbocycles. The number of hydrogen-bond acceptors (Lipinski definition) is 0. The molecule has 0 aliphatic heterocycles. The number of halogens is 2. The van der Waals surface area contributed by atoms with Crippen LogP contribution in [0.3, 0.4) is 0 Å². The Labute approximate surface area is 113 Å². The molecule has 84 valence electrons. The second-order valence-electron chi connectivity index (χ2n) is 2.59. The van der Waals surface area contributed by atoms with Gasteiger partial charge in [-0.15, -0.1) is 0 Å². The SMILES string of the molecule is Cl[C-]1[CH-][CH-][CH-][CH-][CH-]1.Clc1ccccc1.[Cr]. The van der Waals surface area contributed by atoms with E-state index in [1.54, 1.807) is 0 Å². The molecule has 0 nitrogen and oxygen atoms in total. The summed E-state index contributed by atoms with van der Waals surface area (Å²) in [5.41, 5.74) is 0. The maximum Gasteiger partial charge on any atom is 0.0405 e. The Kier molecular flexibility index (Phi) is 9.76. The normalized spacial score (nSPS) is 15.9. The predicted molar refractivity (Wildman–Crippen MR) is 62.0 cm³/mol. The van der Waals surface area contributed by atoms with Gasteiger partial charge in [0, 0.05) is 22.4 Å². The van der Waals surface area contributed by atoms with Crippen molar-refractivity contribution in [1.82, 2.24) is 0 Å². The van der Waals surface area contributed by atoms with Crippen molar-refractivity contribution in [2.24, 2.45) is 0 Å². The Bertz CT molecular complexity index is 233. The molecular weight excluding hydrogens is 267 g/mol. The van der Waals surface area contributed by atoms with Gasteiger partial charge in [-0.25, -0.2) is 0 Å². The van der Waals surface area contributed by atoms with Crippen molar-refractivity contribution >= 4 is 23.2 Å². The predicted octanol–water partition coefficient (Wildman–Crippen LogP) is 4.13. The molecule has 0 N–H and O–H groups in total. The van der Waals surface area contributed by atoms with Gasteiger partial charge >= 0.3 is 0 Å². The van der Waals surface area contributed by atoms with Crippen LogP contribution in [0.25, 0.3) is 0 Å². The maximum absolute atomic E-state index is 5.54. The maximum atomic E-state index is 5.54. The van der Waals surface area contributed by atoms with Crippen LogP contribution < -0.4 is 0 Å². The molecule has 1 aromatic rings. The third-order valence-corrected chi connectivity index (χ3v) is 1.97. The molecule has 0 atom stereocenters. The van der Waals surface area contributed by atoms with Gasteiger partial charge < -0.3 is 49.1 Å². The van der Waals surface area contributed by atoms with Crippen LogP contribution in [0.5, 0.6) is 0 Å². The van der Waals surface area contributed by atoms with Gasteiger partial charge in [0.1, 0.15) is 0 Å². The van der Waals surface area contributed by atoms with Gasteiger partial charge in [0.2, 0.25) is 0 Å². The molecule has 0 radical (unpaired) electrons. The third kappa shape index (κ3) is 8.17. The van der Waals surface area contributed by atoms with Crippen molar-refractivity contribution in [1.29, 1.82) is 0 Å². The molecule has 0 aromatic heterocycles. The summed E-state index contributed by atoms with van der Waals surface area (Å²) in [4.78, 5) is 0. The Balaban J connectivity index is 0.000000245. The molecule has 0 spiro atoms. The van der Waals surface area contributed by atoms with E-state index in [4.69, 9.17) is 23.2 Å². The minimum Gasteiger partial charge on any atom is -0.726 e. The van der Waals surface area contributed by atoms with Crippen molar-refractivity contribution < 1.29 is 17.4 Å². The molecular formula is C12H10Cl2Cr-6. The zero-order valence-corrected chi connectivity index (χ0v) is 10.7. The first-order valence-electron chi connectivity index (χ1n) is 4.20. The molecule has 2 rings (SSSR count). The summed E-state index contributed by atoms with van der Waals surface area (Å²) in [5, 5.41) is 1.59. The Morgan fingerprint density at radius 3 is 1.73 bits per heavy atom. The summed E-state index contributed by atoms with van der Waals surface area (Å²) >= 11 is 11.1. The topological polar surface area (TPSA) is 0 Å². The van der Waals surface area contributed by atoms with Gasteiger partial charge in [-0.3, -0.25) is 0 Å². The fourth-order valence-corrected chi connectivity index (χ4v) is 1.12. The fraction of sp³-hybridized carbons (Fsp3) is 0. The molecule has 3 heteroatoms. The van der Waals surface area contributed by atoms with E-state index >= 15 is 0 Å². The Morgan fingerprint density at radius 1 is 0.933 bits per heavy atom. The zero-order chi connectivity index (χ0) is 10.2. The molecule has 0 amide bonds. The number of rotatable bonds is 0. The van der Waals surface area contributed by atoms with E-state index in [1.807, 2.05) is 62.4 Å². The summed E-state index contributed by atoms with van der Waals surface area (Å²) in [5.74, 6) is 0. The Morgan fingerprint density at radius 2 is 1.47 bits per heavy atom. The van der Waals surface area contributed by atoms with Crippen molar-refractivity contribution in [3.05, 3.63) is 72.8 Å². The summed E-state index contributed by atoms with van der Waals surface area (Å²) in [6, 6.07) is 9.44. The van der Waals surface area contributed by atoms with Crippen molar-refractivity contribution in [2.45, 2.75) is 0 Å². The summed E-state index contributed by atoms with van der Waals surface area (Å²) in [7, 11) is 0. The van der Waals surface area contributed by atoms with E-state index in [0.717, 1.165) is 10.4 Å². The van der Waals surface area contributed by atoms with E-state index in [0.29, 0.717) is 0 Å². The van der Waals surface area contributed by atoms with Gasteiger partial charge in [0.05, 0.1) is 0 Å². The van der Waals surface area contributed by atoms with Crippen LogP contribution in [0, 0.1) is 37.5 Å². The molecule has 1 saturated carbocycles. The van der Waals surface area contributed by atoms with Crippen LogP contribution in [0.4, 0.5) is 0 Å². The standard InChI is InChI=1S/2C6H5Cl.Cr/c2*7-6-4-2-1-3-5-6;/h2*1-5H;/q;-6;. The van der Waals surface area contributed by atoms with Crippen molar-refractivity contribution in [2.75, 3.05) is 0 Å². The van der Waals surface area contributed by atoms with E-state index < -0.39 is 0 Å². The second-order valence-corrected chi connectivity index (χ2v) is 3.46. The van der Waals surface area contributed by atoms with Gasteiger partial charge in [0.15, 0.2) is 0 Å². The van der Waals surface area contributed by atoms with Crippen LogP contribution >= 0.6 is 23.2 Å². The molecule has 1 fully saturated rings.